The molecule has 0 saturated carbocycles. The normalized spacial score (nSPS) is 12.5. The molecule has 0 aromatic carbocycles. The van der Waals surface area contributed by atoms with Crippen molar-refractivity contribution in [2.24, 2.45) is 0 Å². The predicted octanol–water partition coefficient (Wildman–Crippen LogP) is 23.9. The van der Waals surface area contributed by atoms with Crippen LogP contribution in [0, 0.1) is 0 Å². The van der Waals surface area contributed by atoms with Crippen LogP contribution < -0.4 is 5.32 Å². The lowest BCUT2D eigenvalue weighted by atomic mass is 10.0. The smallest absolute Gasteiger partial charge is 0.305 e. The number of ether oxygens (including phenoxy) is 1. The molecule has 0 heterocycles. The van der Waals surface area contributed by atoms with E-state index >= 15 is 0 Å². The van der Waals surface area contributed by atoms with Crippen LogP contribution in [0.2, 0.25) is 0 Å². The van der Waals surface area contributed by atoms with E-state index in [-0.39, 0.29) is 18.5 Å². The van der Waals surface area contributed by atoms with Crippen molar-refractivity contribution >= 4 is 11.9 Å². The van der Waals surface area contributed by atoms with E-state index in [0.29, 0.717) is 25.9 Å². The molecule has 0 aromatic rings. The zero-order valence-corrected chi connectivity index (χ0v) is 54.6. The maximum absolute atomic E-state index is 12.5. The predicted molar refractivity (Wildman–Crippen MR) is 352 cm³/mol. The third-order valence-corrected chi connectivity index (χ3v) is 17.6. The Bertz CT molecular complexity index is 1210. The van der Waals surface area contributed by atoms with Crippen molar-refractivity contribution in [3.63, 3.8) is 0 Å². The molecule has 0 spiro atoms. The van der Waals surface area contributed by atoms with Gasteiger partial charge >= 0.3 is 5.97 Å². The summed E-state index contributed by atoms with van der Waals surface area (Å²) in [5.41, 5.74) is 0. The first-order valence-corrected chi connectivity index (χ1v) is 36.9. The SMILES string of the molecule is CCCCCCCCCCCCCCCCCCC(=O)OCCCCCCCCCCCCCC/C=C\CCCCCCCCCCCCCCCCCCCC(=O)NC(CO)C(O)CCCCCCCCCCCCCCCC. The van der Waals surface area contributed by atoms with E-state index in [1.165, 1.54) is 353 Å². The summed E-state index contributed by atoms with van der Waals surface area (Å²) in [5.74, 6) is -0.00558. The molecular formula is C74H145NO5. The largest absolute Gasteiger partial charge is 0.466 e. The Morgan fingerprint density at radius 2 is 0.588 bits per heavy atom. The number of aliphatic hydroxyl groups is 2. The summed E-state index contributed by atoms with van der Waals surface area (Å²) in [6.45, 7) is 5.00. The summed E-state index contributed by atoms with van der Waals surface area (Å²) >= 11 is 0. The number of amides is 1. The summed E-state index contributed by atoms with van der Waals surface area (Å²) in [6, 6.07) is -0.538. The second-order valence-electron chi connectivity index (χ2n) is 25.6. The Kier molecular flexibility index (Phi) is 68.9. The molecule has 0 radical (unpaired) electrons. The van der Waals surface area contributed by atoms with Crippen LogP contribution in [0.3, 0.4) is 0 Å². The molecule has 476 valence electrons. The lowest BCUT2D eigenvalue weighted by Gasteiger charge is -2.22. The molecule has 6 nitrogen and oxygen atoms in total. The first kappa shape index (κ1) is 78.6. The van der Waals surface area contributed by atoms with Crippen LogP contribution in [0.5, 0.6) is 0 Å². The number of hydrogen-bond donors (Lipinski definition) is 3. The van der Waals surface area contributed by atoms with Gasteiger partial charge in [0.1, 0.15) is 0 Å². The average Bonchev–Trinajstić information content (AvgIpc) is 3.46. The fraction of sp³-hybridized carbons (Fsp3) is 0.946. The standard InChI is InChI=1S/C74H145NO5/c1-3-5-7-9-11-13-15-17-19-40-44-48-52-56-60-64-68-74(79)80-69-65-61-57-53-49-45-41-38-36-34-32-30-28-26-24-22-20-21-23-25-27-29-31-33-35-37-39-43-47-51-55-59-63-67-73(78)75-71(70-76)72(77)66-62-58-54-50-46-42-18-16-14-12-10-8-6-4-2/h24,26,71-72,76-77H,3-23,25,27-70H2,1-2H3,(H,75,78)/b26-24-. The maximum Gasteiger partial charge on any atom is 0.305 e. The second kappa shape index (κ2) is 70.1. The van der Waals surface area contributed by atoms with Crippen molar-refractivity contribution in [2.45, 2.75) is 437 Å². The minimum atomic E-state index is -0.661. The van der Waals surface area contributed by atoms with Crippen molar-refractivity contribution in [1.29, 1.82) is 0 Å². The van der Waals surface area contributed by atoms with Crippen LogP contribution in [0.1, 0.15) is 425 Å². The molecule has 0 aliphatic rings. The van der Waals surface area contributed by atoms with Gasteiger partial charge in [-0.25, -0.2) is 0 Å². The number of carbonyl (C=O) groups excluding carboxylic acids is 2. The number of carbonyl (C=O) groups is 2. The molecule has 0 saturated heterocycles. The van der Waals surface area contributed by atoms with Crippen LogP contribution >= 0.6 is 0 Å². The molecule has 2 unspecified atom stereocenters. The highest BCUT2D eigenvalue weighted by atomic mass is 16.5. The molecule has 0 aliphatic carbocycles. The monoisotopic (exact) mass is 1130 g/mol. The van der Waals surface area contributed by atoms with Crippen molar-refractivity contribution in [2.75, 3.05) is 13.2 Å². The quantitative estimate of drug-likeness (QED) is 0.0320. The summed E-state index contributed by atoms with van der Waals surface area (Å²) in [7, 11) is 0. The van der Waals surface area contributed by atoms with E-state index in [1.807, 2.05) is 0 Å². The van der Waals surface area contributed by atoms with Gasteiger partial charge in [-0.3, -0.25) is 9.59 Å². The minimum absolute atomic E-state index is 0.0232. The lowest BCUT2D eigenvalue weighted by molar-refractivity contribution is -0.143. The van der Waals surface area contributed by atoms with Gasteiger partial charge in [0.05, 0.1) is 25.4 Å². The zero-order chi connectivity index (χ0) is 57.8. The van der Waals surface area contributed by atoms with Gasteiger partial charge in [-0.2, -0.15) is 0 Å². The highest BCUT2D eigenvalue weighted by Crippen LogP contribution is 2.19. The third-order valence-electron chi connectivity index (χ3n) is 17.6. The van der Waals surface area contributed by atoms with Crippen molar-refractivity contribution in [3.8, 4) is 0 Å². The minimum Gasteiger partial charge on any atom is -0.466 e. The molecule has 0 rings (SSSR count). The van der Waals surface area contributed by atoms with E-state index in [2.05, 4.69) is 31.3 Å². The Hall–Kier alpha value is -1.40. The van der Waals surface area contributed by atoms with Crippen molar-refractivity contribution in [3.05, 3.63) is 12.2 Å². The van der Waals surface area contributed by atoms with Gasteiger partial charge in [0.2, 0.25) is 5.91 Å². The van der Waals surface area contributed by atoms with Gasteiger partial charge in [0.15, 0.2) is 0 Å². The average molecular weight is 1130 g/mol. The molecule has 0 aromatic heterocycles. The lowest BCUT2D eigenvalue weighted by Crippen LogP contribution is -2.45. The summed E-state index contributed by atoms with van der Waals surface area (Å²) < 4.78 is 5.51. The van der Waals surface area contributed by atoms with Gasteiger partial charge in [-0.1, -0.05) is 373 Å². The molecular weight excluding hydrogens is 983 g/mol. The van der Waals surface area contributed by atoms with Gasteiger partial charge in [0.25, 0.3) is 0 Å². The summed E-state index contributed by atoms with van der Waals surface area (Å²) in [5, 5.41) is 23.3. The first-order valence-electron chi connectivity index (χ1n) is 36.9. The molecule has 2 atom stereocenters. The fourth-order valence-electron chi connectivity index (χ4n) is 11.9. The molecule has 6 heteroatoms. The third kappa shape index (κ3) is 65.7. The van der Waals surface area contributed by atoms with Gasteiger partial charge in [0, 0.05) is 12.8 Å². The number of aliphatic hydroxyl groups excluding tert-OH is 2. The molecule has 1 amide bonds. The van der Waals surface area contributed by atoms with Gasteiger partial charge < -0.3 is 20.3 Å². The van der Waals surface area contributed by atoms with Gasteiger partial charge in [-0.05, 0) is 51.4 Å². The topological polar surface area (TPSA) is 95.9 Å². The number of hydrogen-bond acceptors (Lipinski definition) is 5. The van der Waals surface area contributed by atoms with E-state index in [4.69, 9.17) is 4.74 Å². The molecule has 0 bridgehead atoms. The van der Waals surface area contributed by atoms with Gasteiger partial charge in [-0.15, -0.1) is 0 Å². The Labute approximate surface area is 501 Å². The molecule has 3 N–H and O–H groups in total. The van der Waals surface area contributed by atoms with Crippen molar-refractivity contribution < 1.29 is 24.5 Å². The van der Waals surface area contributed by atoms with Crippen LogP contribution in [0.15, 0.2) is 12.2 Å². The van der Waals surface area contributed by atoms with E-state index in [9.17, 15) is 19.8 Å². The van der Waals surface area contributed by atoms with E-state index in [1.54, 1.807) is 0 Å². The summed E-state index contributed by atoms with van der Waals surface area (Å²) in [4.78, 5) is 24.6. The highest BCUT2D eigenvalue weighted by molar-refractivity contribution is 5.76. The number of nitrogens with one attached hydrogen (secondary N) is 1. The second-order valence-corrected chi connectivity index (χ2v) is 25.6. The summed E-state index contributed by atoms with van der Waals surface area (Å²) in [6.07, 6.45) is 87.1. The van der Waals surface area contributed by atoms with Crippen LogP contribution in [-0.2, 0) is 14.3 Å². The van der Waals surface area contributed by atoms with E-state index < -0.39 is 12.1 Å². The first-order chi connectivity index (χ1) is 39.5. The maximum atomic E-state index is 12.5. The van der Waals surface area contributed by atoms with E-state index in [0.717, 1.165) is 38.5 Å². The Morgan fingerprint density at radius 3 is 0.887 bits per heavy atom. The van der Waals surface area contributed by atoms with Crippen LogP contribution in [-0.4, -0.2) is 47.4 Å². The Balaban J connectivity index is 3.32. The molecule has 80 heavy (non-hydrogen) atoms. The Morgan fingerprint density at radius 1 is 0.338 bits per heavy atom. The zero-order valence-electron chi connectivity index (χ0n) is 54.6. The number of unbranched alkanes of at least 4 members (excludes halogenated alkanes) is 57. The highest BCUT2D eigenvalue weighted by Gasteiger charge is 2.20. The van der Waals surface area contributed by atoms with Crippen LogP contribution in [0.4, 0.5) is 0 Å². The number of rotatable bonds is 70. The fourth-order valence-corrected chi connectivity index (χ4v) is 11.9. The molecule has 0 fully saturated rings. The van der Waals surface area contributed by atoms with Crippen LogP contribution in [0.25, 0.3) is 0 Å². The molecule has 0 aliphatic heterocycles. The van der Waals surface area contributed by atoms with Crippen molar-refractivity contribution in [1.82, 2.24) is 5.32 Å². The number of esters is 1. The number of allylic oxidation sites excluding steroid dienone is 2.